The van der Waals surface area contributed by atoms with Gasteiger partial charge in [-0.15, -0.1) is 11.3 Å². The van der Waals surface area contributed by atoms with Crippen LogP contribution < -0.4 is 0 Å². The molecule has 2 aromatic rings. The van der Waals surface area contributed by atoms with Crippen molar-refractivity contribution < 1.29 is 4.74 Å². The van der Waals surface area contributed by atoms with E-state index in [4.69, 9.17) is 4.74 Å². The maximum atomic E-state index is 5.18. The van der Waals surface area contributed by atoms with E-state index in [9.17, 15) is 0 Å². The summed E-state index contributed by atoms with van der Waals surface area (Å²) in [6.07, 6.45) is 1.43. The zero-order valence-corrected chi connectivity index (χ0v) is 7.88. The Kier molecular flexibility index (Phi) is 1.60. The minimum absolute atomic E-state index is 0.445. The maximum absolute atomic E-state index is 5.18. The van der Waals surface area contributed by atoms with E-state index in [1.165, 1.54) is 9.71 Å². The second-order valence-corrected chi connectivity index (χ2v) is 4.35. The molecular formula is C10H9NOS. The summed E-state index contributed by atoms with van der Waals surface area (Å²) >= 11 is 1.77. The lowest BCUT2D eigenvalue weighted by Crippen LogP contribution is -1.90. The van der Waals surface area contributed by atoms with Gasteiger partial charge in [-0.25, -0.2) is 4.98 Å². The first-order valence-electron chi connectivity index (χ1n) is 4.38. The van der Waals surface area contributed by atoms with Crippen LogP contribution >= 0.6 is 11.3 Å². The van der Waals surface area contributed by atoms with Crippen molar-refractivity contribution in [3.05, 3.63) is 29.3 Å². The molecule has 1 unspecified atom stereocenters. The third-order valence-corrected chi connectivity index (χ3v) is 3.20. The number of ether oxygens (including phenoxy) is 1. The van der Waals surface area contributed by atoms with Gasteiger partial charge in [-0.05, 0) is 12.1 Å². The molecule has 0 bridgehead atoms. The monoisotopic (exact) mass is 191 g/mol. The molecule has 1 aromatic heterocycles. The van der Waals surface area contributed by atoms with E-state index in [1.807, 2.05) is 6.07 Å². The molecule has 1 saturated heterocycles. The maximum Gasteiger partial charge on any atom is 0.0965 e. The molecule has 1 atom stereocenters. The van der Waals surface area contributed by atoms with Gasteiger partial charge in [0.1, 0.15) is 0 Å². The minimum Gasteiger partial charge on any atom is -0.373 e. The Morgan fingerprint density at radius 1 is 1.46 bits per heavy atom. The number of epoxide rings is 1. The van der Waals surface area contributed by atoms with Gasteiger partial charge in [0, 0.05) is 6.42 Å². The van der Waals surface area contributed by atoms with Gasteiger partial charge >= 0.3 is 0 Å². The van der Waals surface area contributed by atoms with Crippen LogP contribution in [0.4, 0.5) is 0 Å². The Labute approximate surface area is 80.2 Å². The third-order valence-electron chi connectivity index (χ3n) is 2.14. The lowest BCUT2D eigenvalue weighted by Gasteiger charge is -1.85. The van der Waals surface area contributed by atoms with Crippen molar-refractivity contribution in [2.75, 3.05) is 6.61 Å². The van der Waals surface area contributed by atoms with Crippen molar-refractivity contribution in [1.82, 2.24) is 4.98 Å². The van der Waals surface area contributed by atoms with Crippen molar-refractivity contribution >= 4 is 21.6 Å². The lowest BCUT2D eigenvalue weighted by atomic mass is 10.3. The van der Waals surface area contributed by atoms with Gasteiger partial charge < -0.3 is 4.74 Å². The fourth-order valence-electron chi connectivity index (χ4n) is 1.39. The van der Waals surface area contributed by atoms with Crippen molar-refractivity contribution in [3.63, 3.8) is 0 Å². The topological polar surface area (TPSA) is 25.4 Å². The molecule has 3 heteroatoms. The van der Waals surface area contributed by atoms with E-state index >= 15 is 0 Å². The first kappa shape index (κ1) is 7.47. The van der Waals surface area contributed by atoms with Crippen molar-refractivity contribution in [2.24, 2.45) is 0 Å². The van der Waals surface area contributed by atoms with Gasteiger partial charge in [0.05, 0.1) is 27.9 Å². The van der Waals surface area contributed by atoms with Crippen LogP contribution in [0.2, 0.25) is 0 Å². The standard InChI is InChI=1S/C10H9NOS/c1-2-4-9-8(3-1)11-10(13-9)5-7-6-12-7/h1-4,7H,5-6H2. The highest BCUT2D eigenvalue weighted by Crippen LogP contribution is 2.25. The van der Waals surface area contributed by atoms with Crippen molar-refractivity contribution in [1.29, 1.82) is 0 Å². The minimum atomic E-state index is 0.445. The first-order chi connectivity index (χ1) is 6.42. The van der Waals surface area contributed by atoms with Gasteiger partial charge in [0.25, 0.3) is 0 Å². The van der Waals surface area contributed by atoms with Gasteiger partial charge in [-0.1, -0.05) is 12.1 Å². The molecule has 0 N–H and O–H groups in total. The first-order valence-corrected chi connectivity index (χ1v) is 5.19. The predicted molar refractivity (Wildman–Crippen MR) is 53.1 cm³/mol. The summed E-state index contributed by atoms with van der Waals surface area (Å²) in [5.41, 5.74) is 1.11. The quantitative estimate of drug-likeness (QED) is 0.680. The largest absolute Gasteiger partial charge is 0.373 e. The molecule has 66 valence electrons. The molecule has 2 nitrogen and oxygen atoms in total. The molecule has 2 heterocycles. The number of benzene rings is 1. The average molecular weight is 191 g/mol. The molecule has 13 heavy (non-hydrogen) atoms. The van der Waals surface area contributed by atoms with E-state index < -0.39 is 0 Å². The second kappa shape index (κ2) is 2.79. The number of para-hydroxylation sites is 1. The van der Waals surface area contributed by atoms with Crippen LogP contribution in [0, 0.1) is 0 Å². The number of rotatable bonds is 2. The molecule has 0 spiro atoms. The van der Waals surface area contributed by atoms with E-state index in [0.29, 0.717) is 6.10 Å². The summed E-state index contributed by atoms with van der Waals surface area (Å²) in [5, 5.41) is 1.20. The molecule has 0 amide bonds. The number of fused-ring (bicyclic) bond motifs is 1. The van der Waals surface area contributed by atoms with E-state index in [2.05, 4.69) is 23.2 Å². The van der Waals surface area contributed by atoms with Crippen molar-refractivity contribution in [2.45, 2.75) is 12.5 Å². The summed E-state index contributed by atoms with van der Waals surface area (Å²) in [5.74, 6) is 0. The summed E-state index contributed by atoms with van der Waals surface area (Å²) in [4.78, 5) is 4.53. The summed E-state index contributed by atoms with van der Waals surface area (Å²) in [7, 11) is 0. The smallest absolute Gasteiger partial charge is 0.0965 e. The lowest BCUT2D eigenvalue weighted by molar-refractivity contribution is 0.407. The highest BCUT2D eigenvalue weighted by molar-refractivity contribution is 7.18. The normalized spacial score (nSPS) is 20.8. The number of nitrogens with zero attached hydrogens (tertiary/aromatic N) is 1. The van der Waals surface area contributed by atoms with Crippen LogP contribution in [-0.4, -0.2) is 17.7 Å². The Morgan fingerprint density at radius 3 is 3.08 bits per heavy atom. The molecule has 1 fully saturated rings. The summed E-state index contributed by atoms with van der Waals surface area (Å²) in [6.45, 7) is 0.913. The van der Waals surface area contributed by atoms with Crippen LogP contribution in [0.5, 0.6) is 0 Å². The number of hydrogen-bond donors (Lipinski definition) is 0. The molecule has 0 aliphatic carbocycles. The zero-order chi connectivity index (χ0) is 8.67. The fraction of sp³-hybridized carbons (Fsp3) is 0.300. The highest BCUT2D eigenvalue weighted by atomic mass is 32.1. The van der Waals surface area contributed by atoms with Crippen LogP contribution in [0.15, 0.2) is 24.3 Å². The zero-order valence-electron chi connectivity index (χ0n) is 7.06. The van der Waals surface area contributed by atoms with E-state index in [-0.39, 0.29) is 0 Å². The molecular weight excluding hydrogens is 182 g/mol. The van der Waals surface area contributed by atoms with Crippen LogP contribution in [0.1, 0.15) is 5.01 Å². The molecule has 1 aliphatic rings. The third kappa shape index (κ3) is 1.45. The fourth-order valence-corrected chi connectivity index (χ4v) is 2.42. The predicted octanol–water partition coefficient (Wildman–Crippen LogP) is 2.24. The highest BCUT2D eigenvalue weighted by Gasteiger charge is 2.24. The second-order valence-electron chi connectivity index (χ2n) is 3.23. The van der Waals surface area contributed by atoms with Crippen molar-refractivity contribution in [3.8, 4) is 0 Å². The molecule has 0 radical (unpaired) electrons. The SMILES string of the molecule is c1ccc2sc(CC3CO3)nc2c1. The number of thiazole rings is 1. The van der Waals surface area contributed by atoms with Crippen LogP contribution in [0.25, 0.3) is 10.2 Å². The summed E-state index contributed by atoms with van der Waals surface area (Å²) in [6, 6.07) is 8.25. The average Bonchev–Trinajstić information content (AvgIpc) is 2.85. The Hall–Kier alpha value is -0.930. The van der Waals surface area contributed by atoms with Gasteiger partial charge in [0.15, 0.2) is 0 Å². The number of aromatic nitrogens is 1. The van der Waals surface area contributed by atoms with Crippen LogP contribution in [-0.2, 0) is 11.2 Å². The van der Waals surface area contributed by atoms with Crippen LogP contribution in [0.3, 0.4) is 0 Å². The van der Waals surface area contributed by atoms with Gasteiger partial charge in [-0.3, -0.25) is 0 Å². The number of hydrogen-bond acceptors (Lipinski definition) is 3. The Bertz CT molecular complexity index is 400. The molecule has 1 aromatic carbocycles. The van der Waals surface area contributed by atoms with Gasteiger partial charge in [-0.2, -0.15) is 0 Å². The molecule has 1 aliphatic heterocycles. The molecule has 0 saturated carbocycles. The Morgan fingerprint density at radius 2 is 2.31 bits per heavy atom. The van der Waals surface area contributed by atoms with Gasteiger partial charge in [0.2, 0.25) is 0 Å². The molecule has 3 rings (SSSR count). The Balaban J connectivity index is 2.00. The summed E-state index contributed by atoms with van der Waals surface area (Å²) < 4.78 is 6.45. The van der Waals surface area contributed by atoms with E-state index in [0.717, 1.165) is 18.5 Å². The van der Waals surface area contributed by atoms with E-state index in [1.54, 1.807) is 11.3 Å².